The highest BCUT2D eigenvalue weighted by atomic mass is 16.7. The van der Waals surface area contributed by atoms with Gasteiger partial charge in [0.15, 0.2) is 6.29 Å². The van der Waals surface area contributed by atoms with Crippen molar-refractivity contribution in [1.29, 1.82) is 0 Å². The highest BCUT2D eigenvalue weighted by Gasteiger charge is 2.25. The molecule has 0 unspecified atom stereocenters. The van der Waals surface area contributed by atoms with Gasteiger partial charge in [-0.05, 0) is 35.4 Å². The minimum atomic E-state index is -0.533. The quantitative estimate of drug-likeness (QED) is 0.549. The first-order chi connectivity index (χ1) is 13.2. The lowest BCUT2D eigenvalue weighted by molar-refractivity contribution is -0.134. The molecule has 1 aliphatic rings. The van der Waals surface area contributed by atoms with Crippen LogP contribution in [0, 0.1) is 0 Å². The molecule has 1 saturated heterocycles. The molecule has 0 atom stereocenters. The number of carbonyl (C=O) groups excluding carboxylic acids is 1. The molecule has 0 spiro atoms. The zero-order valence-electron chi connectivity index (χ0n) is 15.3. The summed E-state index contributed by atoms with van der Waals surface area (Å²) in [6, 6.07) is 13.3. The summed E-state index contributed by atoms with van der Waals surface area (Å²) in [6.07, 6.45) is 2.50. The molecule has 142 valence electrons. The van der Waals surface area contributed by atoms with Gasteiger partial charge in [0.05, 0.1) is 33.0 Å². The summed E-state index contributed by atoms with van der Waals surface area (Å²) in [7, 11) is 2.97. The van der Waals surface area contributed by atoms with Crippen molar-refractivity contribution >= 4 is 12.0 Å². The molecule has 27 heavy (non-hydrogen) atoms. The second-order valence-corrected chi connectivity index (χ2v) is 5.83. The second-order valence-electron chi connectivity index (χ2n) is 5.83. The summed E-state index contributed by atoms with van der Waals surface area (Å²) in [5.74, 6) is 1.01. The third-order valence-corrected chi connectivity index (χ3v) is 4.11. The molecule has 1 aliphatic heterocycles. The van der Waals surface area contributed by atoms with Gasteiger partial charge in [-0.2, -0.15) is 0 Å². The van der Waals surface area contributed by atoms with Crippen LogP contribution < -0.4 is 9.47 Å². The van der Waals surface area contributed by atoms with E-state index in [0.29, 0.717) is 25.6 Å². The van der Waals surface area contributed by atoms with E-state index in [1.54, 1.807) is 13.2 Å². The molecule has 0 saturated carbocycles. The zero-order valence-corrected chi connectivity index (χ0v) is 15.3. The molecule has 6 nitrogen and oxygen atoms in total. The van der Waals surface area contributed by atoms with Crippen LogP contribution in [-0.2, 0) is 25.6 Å². The first-order valence-electron chi connectivity index (χ1n) is 8.59. The number of ether oxygens (including phenoxy) is 5. The predicted molar refractivity (Wildman–Crippen MR) is 99.5 cm³/mol. The summed E-state index contributed by atoms with van der Waals surface area (Å²) >= 11 is 0. The SMILES string of the molecule is COC(=O)/C=C/c1cccc(OCc2ccc(OC)cc2)c1C1OCCO1. The molecule has 2 aromatic rings. The number of carbonyl (C=O) groups is 1. The van der Waals surface area contributed by atoms with Crippen molar-refractivity contribution in [2.24, 2.45) is 0 Å². The molecule has 1 heterocycles. The van der Waals surface area contributed by atoms with Crippen molar-refractivity contribution in [3.05, 3.63) is 65.2 Å². The number of methoxy groups -OCH3 is 2. The van der Waals surface area contributed by atoms with Gasteiger partial charge in [-0.25, -0.2) is 4.79 Å². The molecule has 0 bridgehead atoms. The molecule has 0 N–H and O–H groups in total. The molecule has 2 aromatic carbocycles. The lowest BCUT2D eigenvalue weighted by Gasteiger charge is -2.18. The number of hydrogen-bond donors (Lipinski definition) is 0. The van der Waals surface area contributed by atoms with Crippen molar-refractivity contribution in [3.63, 3.8) is 0 Å². The van der Waals surface area contributed by atoms with E-state index < -0.39 is 12.3 Å². The normalized spacial score (nSPS) is 14.4. The van der Waals surface area contributed by atoms with Gasteiger partial charge >= 0.3 is 5.97 Å². The zero-order chi connectivity index (χ0) is 19.1. The molecule has 0 amide bonds. The van der Waals surface area contributed by atoms with E-state index in [2.05, 4.69) is 4.74 Å². The summed E-state index contributed by atoms with van der Waals surface area (Å²) in [4.78, 5) is 11.5. The topological polar surface area (TPSA) is 63.2 Å². The summed E-state index contributed by atoms with van der Waals surface area (Å²) in [5, 5.41) is 0. The van der Waals surface area contributed by atoms with E-state index >= 15 is 0 Å². The molecular weight excluding hydrogens is 348 g/mol. The number of hydrogen-bond acceptors (Lipinski definition) is 6. The highest BCUT2D eigenvalue weighted by Crippen LogP contribution is 2.35. The average Bonchev–Trinajstić information content (AvgIpc) is 3.25. The van der Waals surface area contributed by atoms with Gasteiger partial charge in [-0.15, -0.1) is 0 Å². The van der Waals surface area contributed by atoms with Crippen LogP contribution in [0.3, 0.4) is 0 Å². The first kappa shape index (κ1) is 18.9. The van der Waals surface area contributed by atoms with Crippen molar-refractivity contribution in [2.75, 3.05) is 27.4 Å². The molecular formula is C21H22O6. The van der Waals surface area contributed by atoms with E-state index in [1.807, 2.05) is 42.5 Å². The lowest BCUT2D eigenvalue weighted by Crippen LogP contribution is -2.06. The Bertz CT molecular complexity index is 791. The van der Waals surface area contributed by atoms with Crippen LogP contribution in [0.25, 0.3) is 6.08 Å². The van der Waals surface area contributed by atoms with Crippen LogP contribution >= 0.6 is 0 Å². The van der Waals surface area contributed by atoms with Gasteiger partial charge in [0.1, 0.15) is 18.1 Å². The van der Waals surface area contributed by atoms with Gasteiger partial charge in [-0.3, -0.25) is 0 Å². The second kappa shape index (κ2) is 9.21. The minimum Gasteiger partial charge on any atom is -0.497 e. The van der Waals surface area contributed by atoms with E-state index in [-0.39, 0.29) is 0 Å². The third-order valence-electron chi connectivity index (χ3n) is 4.11. The van der Waals surface area contributed by atoms with Gasteiger partial charge in [0.25, 0.3) is 0 Å². The Morgan fingerprint density at radius 3 is 2.52 bits per heavy atom. The maximum absolute atomic E-state index is 11.5. The van der Waals surface area contributed by atoms with E-state index in [4.69, 9.17) is 18.9 Å². The summed E-state index contributed by atoms with van der Waals surface area (Å²) < 4.78 is 27.2. The van der Waals surface area contributed by atoms with E-state index in [1.165, 1.54) is 13.2 Å². The Hall–Kier alpha value is -2.83. The fourth-order valence-corrected chi connectivity index (χ4v) is 2.72. The maximum atomic E-state index is 11.5. The lowest BCUT2D eigenvalue weighted by atomic mass is 10.0. The van der Waals surface area contributed by atoms with Gasteiger partial charge in [0.2, 0.25) is 0 Å². The van der Waals surface area contributed by atoms with Gasteiger partial charge in [0, 0.05) is 6.08 Å². The Labute approximate surface area is 158 Å². The molecule has 3 rings (SSSR count). The Kier molecular flexibility index (Phi) is 6.46. The van der Waals surface area contributed by atoms with Crippen molar-refractivity contribution in [3.8, 4) is 11.5 Å². The smallest absolute Gasteiger partial charge is 0.330 e. The Balaban J connectivity index is 1.84. The fourth-order valence-electron chi connectivity index (χ4n) is 2.72. The molecule has 0 aliphatic carbocycles. The monoisotopic (exact) mass is 370 g/mol. The van der Waals surface area contributed by atoms with Crippen LogP contribution in [0.1, 0.15) is 23.0 Å². The predicted octanol–water partition coefficient (Wildman–Crippen LogP) is 3.51. The first-order valence-corrected chi connectivity index (χ1v) is 8.59. The molecule has 6 heteroatoms. The van der Waals surface area contributed by atoms with Crippen LogP contribution in [-0.4, -0.2) is 33.4 Å². The van der Waals surface area contributed by atoms with Crippen molar-refractivity contribution < 1.29 is 28.5 Å². The Morgan fingerprint density at radius 2 is 1.85 bits per heavy atom. The van der Waals surface area contributed by atoms with Crippen LogP contribution in [0.4, 0.5) is 0 Å². The third kappa shape index (κ3) is 4.87. The van der Waals surface area contributed by atoms with E-state index in [0.717, 1.165) is 22.4 Å². The van der Waals surface area contributed by atoms with Gasteiger partial charge < -0.3 is 23.7 Å². The van der Waals surface area contributed by atoms with Crippen LogP contribution in [0.15, 0.2) is 48.5 Å². The number of benzene rings is 2. The average molecular weight is 370 g/mol. The standard InChI is InChI=1S/C21H22O6/c1-23-17-9-6-15(7-10-17)14-27-18-5-3-4-16(8-11-19(22)24-2)20(18)21-25-12-13-26-21/h3-11,21H,12-14H2,1-2H3/b11-8+. The Morgan fingerprint density at radius 1 is 1.11 bits per heavy atom. The number of esters is 1. The van der Waals surface area contributed by atoms with Crippen LogP contribution in [0.2, 0.25) is 0 Å². The van der Waals surface area contributed by atoms with Crippen molar-refractivity contribution in [1.82, 2.24) is 0 Å². The summed E-state index contributed by atoms with van der Waals surface area (Å²) in [6.45, 7) is 1.41. The van der Waals surface area contributed by atoms with Crippen molar-refractivity contribution in [2.45, 2.75) is 12.9 Å². The summed E-state index contributed by atoms with van der Waals surface area (Å²) in [5.41, 5.74) is 2.54. The fraction of sp³-hybridized carbons (Fsp3) is 0.286. The highest BCUT2D eigenvalue weighted by molar-refractivity contribution is 5.87. The van der Waals surface area contributed by atoms with Gasteiger partial charge in [-0.1, -0.05) is 24.3 Å². The number of rotatable bonds is 7. The van der Waals surface area contributed by atoms with Crippen LogP contribution in [0.5, 0.6) is 11.5 Å². The minimum absolute atomic E-state index is 0.383. The van der Waals surface area contributed by atoms with E-state index in [9.17, 15) is 4.79 Å². The maximum Gasteiger partial charge on any atom is 0.330 e. The molecule has 1 fully saturated rings. The molecule has 0 radical (unpaired) electrons. The largest absolute Gasteiger partial charge is 0.497 e. The molecule has 0 aromatic heterocycles.